The van der Waals surface area contributed by atoms with Crippen molar-refractivity contribution in [2.24, 2.45) is 0 Å². The first-order valence-corrected chi connectivity index (χ1v) is 8.98. The Kier molecular flexibility index (Phi) is 5.08. The number of benzene rings is 1. The molecule has 0 saturated carbocycles. The second-order valence-corrected chi connectivity index (χ2v) is 6.92. The highest BCUT2D eigenvalue weighted by molar-refractivity contribution is 7.87. The first-order valence-electron chi connectivity index (χ1n) is 7.57. The predicted molar refractivity (Wildman–Crippen MR) is 90.1 cm³/mol. The van der Waals surface area contributed by atoms with E-state index in [4.69, 9.17) is 0 Å². The molecule has 3 aromatic rings. The second-order valence-electron chi connectivity index (χ2n) is 5.38. The molecule has 0 aliphatic carbocycles. The van der Waals surface area contributed by atoms with Gasteiger partial charge in [0.25, 0.3) is 0 Å². The van der Waals surface area contributed by atoms with Crippen LogP contribution in [-0.2, 0) is 16.5 Å². The molecule has 0 unspecified atom stereocenters. The fourth-order valence-corrected chi connectivity index (χ4v) is 2.79. The highest BCUT2D eigenvalue weighted by Gasteiger charge is 2.49. The summed E-state index contributed by atoms with van der Waals surface area (Å²) in [4.78, 5) is 11.8. The number of halogens is 3. The number of rotatable bonds is 5. The summed E-state index contributed by atoms with van der Waals surface area (Å²) in [6, 6.07) is 10.3. The Morgan fingerprint density at radius 1 is 0.963 bits per heavy atom. The molecule has 0 amide bonds. The van der Waals surface area contributed by atoms with Gasteiger partial charge in [0, 0.05) is 36.1 Å². The van der Waals surface area contributed by atoms with Gasteiger partial charge in [-0.25, -0.2) is 4.98 Å². The molecule has 0 aliphatic heterocycles. The Hall–Kier alpha value is -3.01. The van der Waals surface area contributed by atoms with Crippen LogP contribution in [-0.4, -0.2) is 28.9 Å². The van der Waals surface area contributed by atoms with Gasteiger partial charge >= 0.3 is 15.6 Å². The van der Waals surface area contributed by atoms with E-state index >= 15 is 0 Å². The van der Waals surface area contributed by atoms with Crippen molar-refractivity contribution >= 4 is 10.1 Å². The lowest BCUT2D eigenvalue weighted by atomic mass is 9.99. The lowest BCUT2D eigenvalue weighted by molar-refractivity contribution is -0.0501. The van der Waals surface area contributed by atoms with E-state index in [9.17, 15) is 21.6 Å². The molecule has 0 radical (unpaired) electrons. The van der Waals surface area contributed by atoms with Crippen molar-refractivity contribution in [3.63, 3.8) is 0 Å². The maximum atomic E-state index is 12.7. The third kappa shape index (κ3) is 4.22. The Morgan fingerprint density at radius 2 is 1.70 bits per heavy atom. The normalized spacial score (nSPS) is 12.0. The van der Waals surface area contributed by atoms with E-state index in [0.29, 0.717) is 11.3 Å². The molecule has 0 bridgehead atoms. The van der Waals surface area contributed by atoms with Crippen LogP contribution in [0.25, 0.3) is 11.3 Å². The minimum atomic E-state index is -5.86. The molecule has 0 N–H and O–H groups in total. The number of alkyl halides is 3. The van der Waals surface area contributed by atoms with Crippen LogP contribution in [0.1, 0.15) is 11.1 Å². The van der Waals surface area contributed by atoms with Crippen LogP contribution >= 0.6 is 0 Å². The first-order chi connectivity index (χ1) is 12.8. The van der Waals surface area contributed by atoms with Gasteiger partial charge in [0.2, 0.25) is 5.88 Å². The highest BCUT2D eigenvalue weighted by Crippen LogP contribution is 2.33. The summed E-state index contributed by atoms with van der Waals surface area (Å²) in [6.07, 6.45) is 5.50. The monoisotopic (exact) mass is 395 g/mol. The standard InChI is InChI=1S/C17H12F3N3O3S/c18-17(19,20)27(24,25)26-16-14(10-12-4-2-1-3-5-12)13(6-7-23-16)15-11-21-8-9-22-15/h1-9,11H,10H2. The van der Waals surface area contributed by atoms with Crippen LogP contribution < -0.4 is 4.18 Å². The van der Waals surface area contributed by atoms with E-state index in [2.05, 4.69) is 19.1 Å². The van der Waals surface area contributed by atoms with Crippen molar-refractivity contribution in [2.45, 2.75) is 11.9 Å². The molecule has 10 heteroatoms. The van der Waals surface area contributed by atoms with Crippen LogP contribution in [0.5, 0.6) is 5.88 Å². The van der Waals surface area contributed by atoms with E-state index in [1.165, 1.54) is 24.7 Å². The number of nitrogens with zero attached hydrogens (tertiary/aromatic N) is 3. The lowest BCUT2D eigenvalue weighted by Gasteiger charge is -2.15. The van der Waals surface area contributed by atoms with Crippen molar-refractivity contribution < 1.29 is 25.8 Å². The second kappa shape index (κ2) is 7.31. The van der Waals surface area contributed by atoms with Gasteiger partial charge in [-0.2, -0.15) is 21.6 Å². The number of aromatic nitrogens is 3. The molecule has 2 heterocycles. The fourth-order valence-electron chi connectivity index (χ4n) is 2.35. The molecule has 0 saturated heterocycles. The average molecular weight is 395 g/mol. The summed E-state index contributed by atoms with van der Waals surface area (Å²) >= 11 is 0. The molecule has 0 aliphatic rings. The van der Waals surface area contributed by atoms with E-state index in [0.717, 1.165) is 11.8 Å². The third-order valence-corrected chi connectivity index (χ3v) is 4.50. The smallest absolute Gasteiger partial charge is 0.355 e. The zero-order valence-corrected chi connectivity index (χ0v) is 14.4. The molecule has 2 aromatic heterocycles. The SMILES string of the molecule is O=S(=O)(Oc1nccc(-c2cnccn2)c1Cc1ccccc1)C(F)(F)F. The van der Waals surface area contributed by atoms with Crippen LogP contribution in [0.2, 0.25) is 0 Å². The molecule has 27 heavy (non-hydrogen) atoms. The number of pyridine rings is 1. The molecule has 140 valence electrons. The van der Waals surface area contributed by atoms with Crippen molar-refractivity contribution in [3.8, 4) is 17.1 Å². The highest BCUT2D eigenvalue weighted by atomic mass is 32.2. The maximum Gasteiger partial charge on any atom is 0.534 e. The molecular weight excluding hydrogens is 383 g/mol. The minimum Gasteiger partial charge on any atom is -0.355 e. The molecule has 6 nitrogen and oxygen atoms in total. The van der Waals surface area contributed by atoms with E-state index in [1.54, 1.807) is 30.3 Å². The topological polar surface area (TPSA) is 82.0 Å². The summed E-state index contributed by atoms with van der Waals surface area (Å²) in [5, 5.41) is 0. The Balaban J connectivity index is 2.13. The van der Waals surface area contributed by atoms with Crippen molar-refractivity contribution in [3.05, 3.63) is 72.3 Å². The van der Waals surface area contributed by atoms with Gasteiger partial charge in [-0.1, -0.05) is 30.3 Å². The zero-order chi connectivity index (χ0) is 19.5. The van der Waals surface area contributed by atoms with Gasteiger partial charge in [-0.05, 0) is 11.6 Å². The summed E-state index contributed by atoms with van der Waals surface area (Å²) in [5.41, 5.74) is -3.97. The minimum absolute atomic E-state index is 0.0866. The Morgan fingerprint density at radius 3 is 2.33 bits per heavy atom. The summed E-state index contributed by atoms with van der Waals surface area (Å²) in [5.74, 6) is -0.653. The van der Waals surface area contributed by atoms with E-state index in [-0.39, 0.29) is 12.0 Å². The summed E-state index contributed by atoms with van der Waals surface area (Å²) in [7, 11) is -5.86. The van der Waals surface area contributed by atoms with Crippen LogP contribution in [0.3, 0.4) is 0 Å². The molecular formula is C17H12F3N3O3S. The summed E-state index contributed by atoms with van der Waals surface area (Å²) in [6.45, 7) is 0. The molecule has 0 spiro atoms. The van der Waals surface area contributed by atoms with Crippen LogP contribution in [0.4, 0.5) is 13.2 Å². The first kappa shape index (κ1) is 18.8. The zero-order valence-electron chi connectivity index (χ0n) is 13.6. The van der Waals surface area contributed by atoms with Gasteiger partial charge in [0.1, 0.15) is 0 Å². The maximum absolute atomic E-state index is 12.7. The Labute approximate surface area is 152 Å². The molecule has 3 rings (SSSR count). The van der Waals surface area contributed by atoms with Gasteiger partial charge in [0.15, 0.2) is 0 Å². The summed E-state index contributed by atoms with van der Waals surface area (Å²) < 4.78 is 65.5. The quantitative estimate of drug-likeness (QED) is 0.487. The van der Waals surface area contributed by atoms with Crippen molar-refractivity contribution in [1.82, 2.24) is 15.0 Å². The van der Waals surface area contributed by atoms with E-state index in [1.807, 2.05) is 0 Å². The largest absolute Gasteiger partial charge is 0.534 e. The van der Waals surface area contributed by atoms with E-state index < -0.39 is 21.5 Å². The van der Waals surface area contributed by atoms with Crippen LogP contribution in [0.15, 0.2) is 61.2 Å². The van der Waals surface area contributed by atoms with Gasteiger partial charge in [0.05, 0.1) is 11.9 Å². The number of hydrogen-bond acceptors (Lipinski definition) is 6. The van der Waals surface area contributed by atoms with Gasteiger partial charge in [-0.15, -0.1) is 0 Å². The average Bonchev–Trinajstić information content (AvgIpc) is 2.63. The van der Waals surface area contributed by atoms with Gasteiger partial charge < -0.3 is 4.18 Å². The number of hydrogen-bond donors (Lipinski definition) is 0. The molecule has 1 aromatic carbocycles. The van der Waals surface area contributed by atoms with Gasteiger partial charge in [-0.3, -0.25) is 9.97 Å². The Bertz CT molecular complexity index is 1030. The van der Waals surface area contributed by atoms with Crippen molar-refractivity contribution in [2.75, 3.05) is 0 Å². The van der Waals surface area contributed by atoms with Crippen molar-refractivity contribution in [1.29, 1.82) is 0 Å². The molecule has 0 fully saturated rings. The van der Waals surface area contributed by atoms with Crippen LogP contribution in [0, 0.1) is 0 Å². The predicted octanol–water partition coefficient (Wildman–Crippen LogP) is 3.36. The third-order valence-electron chi connectivity index (χ3n) is 3.55. The fraction of sp³-hybridized carbons (Fsp3) is 0.118. The molecule has 0 atom stereocenters. The lowest BCUT2D eigenvalue weighted by Crippen LogP contribution is -2.28.